The Labute approximate surface area is 160 Å². The molecule has 1 aliphatic heterocycles. The molecule has 0 bridgehead atoms. The van der Waals surface area contributed by atoms with E-state index in [4.69, 9.17) is 4.74 Å². The fourth-order valence-corrected chi connectivity index (χ4v) is 4.64. The Morgan fingerprint density at radius 3 is 2.81 bits per heavy atom. The monoisotopic (exact) mass is 372 g/mol. The molecule has 4 nitrogen and oxygen atoms in total. The summed E-state index contributed by atoms with van der Waals surface area (Å²) in [6.07, 6.45) is 5.35. The molecule has 0 spiro atoms. The van der Waals surface area contributed by atoms with Crippen LogP contribution in [-0.4, -0.2) is 36.6 Å². The van der Waals surface area contributed by atoms with Gasteiger partial charge in [-0.2, -0.15) is 0 Å². The van der Waals surface area contributed by atoms with Crippen molar-refractivity contribution >= 4 is 17.1 Å². The summed E-state index contributed by atoms with van der Waals surface area (Å²) in [5.41, 5.74) is 1.24. The van der Waals surface area contributed by atoms with E-state index >= 15 is 0 Å². The lowest BCUT2D eigenvalue weighted by molar-refractivity contribution is -0.127. The molecular weight excluding hydrogens is 344 g/mol. The summed E-state index contributed by atoms with van der Waals surface area (Å²) in [6.45, 7) is 3.03. The highest BCUT2D eigenvalue weighted by atomic mass is 32.1. The van der Waals surface area contributed by atoms with E-state index in [1.165, 1.54) is 5.56 Å². The lowest BCUT2D eigenvalue weighted by Crippen LogP contribution is -2.43. The fourth-order valence-electron chi connectivity index (χ4n) is 3.90. The average molecular weight is 373 g/mol. The summed E-state index contributed by atoms with van der Waals surface area (Å²) < 4.78 is 5.71. The van der Waals surface area contributed by atoms with E-state index in [2.05, 4.69) is 22.4 Å². The molecule has 1 fully saturated rings. The number of hydrogen-bond donors (Lipinski definition) is 1. The zero-order valence-electron chi connectivity index (χ0n) is 15.6. The Kier molecular flexibility index (Phi) is 6.94. The van der Waals surface area contributed by atoms with Crippen LogP contribution in [0.4, 0.5) is 0 Å². The lowest BCUT2D eigenvalue weighted by atomic mass is 9.86. The van der Waals surface area contributed by atoms with Crippen LogP contribution in [0.5, 0.6) is 0 Å². The van der Waals surface area contributed by atoms with Gasteiger partial charge in [0.1, 0.15) is 5.78 Å². The number of benzene rings is 1. The van der Waals surface area contributed by atoms with E-state index in [0.29, 0.717) is 6.42 Å². The molecule has 5 heteroatoms. The van der Waals surface area contributed by atoms with Crippen LogP contribution in [0.3, 0.4) is 0 Å². The molecule has 1 saturated heterocycles. The number of methoxy groups -OCH3 is 1. The van der Waals surface area contributed by atoms with Gasteiger partial charge in [-0.25, -0.2) is 4.98 Å². The zero-order chi connectivity index (χ0) is 18.4. The minimum atomic E-state index is -0.117. The van der Waals surface area contributed by atoms with Crippen molar-refractivity contribution in [2.75, 3.05) is 13.7 Å². The van der Waals surface area contributed by atoms with Crippen LogP contribution in [0.2, 0.25) is 0 Å². The third-order valence-electron chi connectivity index (χ3n) is 5.34. The molecule has 4 atom stereocenters. The number of carbonyl (C=O) groups excluding carboxylic acids is 1. The Morgan fingerprint density at radius 1 is 1.38 bits per heavy atom. The molecular formula is C21H28N2O2S. The molecule has 1 aliphatic rings. The average Bonchev–Trinajstić information content (AvgIpc) is 3.37. The Bertz CT molecular complexity index is 669. The second kappa shape index (κ2) is 9.40. The summed E-state index contributed by atoms with van der Waals surface area (Å²) in [7, 11) is 1.72. The number of hydrogen-bond acceptors (Lipinski definition) is 5. The first-order valence-electron chi connectivity index (χ1n) is 9.41. The predicted octanol–water partition coefficient (Wildman–Crippen LogP) is 3.83. The van der Waals surface area contributed by atoms with Crippen LogP contribution in [0.15, 0.2) is 41.9 Å². The SMILES string of the molecule is CO[C@@H]([C@@H]1CCCN1)[C@@H](C)C(=O)C[C@@H](Cc1ccccc1)c1nccs1. The first-order chi connectivity index (χ1) is 12.7. The topological polar surface area (TPSA) is 51.2 Å². The van der Waals surface area contributed by atoms with E-state index in [-0.39, 0.29) is 29.8 Å². The van der Waals surface area contributed by atoms with Crippen molar-refractivity contribution < 1.29 is 9.53 Å². The molecule has 0 saturated carbocycles. The highest BCUT2D eigenvalue weighted by molar-refractivity contribution is 7.09. The molecule has 2 aromatic rings. The number of nitrogens with zero attached hydrogens (tertiary/aromatic N) is 1. The number of carbonyl (C=O) groups is 1. The molecule has 1 N–H and O–H groups in total. The van der Waals surface area contributed by atoms with E-state index < -0.39 is 0 Å². The number of ketones is 1. The van der Waals surface area contributed by atoms with Crippen molar-refractivity contribution in [3.63, 3.8) is 0 Å². The van der Waals surface area contributed by atoms with Crippen LogP contribution in [0.25, 0.3) is 0 Å². The quantitative estimate of drug-likeness (QED) is 0.727. The molecule has 3 rings (SSSR count). The Hall–Kier alpha value is -1.56. The van der Waals surface area contributed by atoms with Gasteiger partial charge in [-0.1, -0.05) is 37.3 Å². The van der Waals surface area contributed by atoms with Crippen LogP contribution in [0, 0.1) is 5.92 Å². The van der Waals surface area contributed by atoms with Gasteiger partial charge in [0.2, 0.25) is 0 Å². The van der Waals surface area contributed by atoms with Gasteiger partial charge in [-0.3, -0.25) is 4.79 Å². The van der Waals surface area contributed by atoms with Gasteiger partial charge >= 0.3 is 0 Å². The molecule has 0 radical (unpaired) electrons. The van der Waals surface area contributed by atoms with Gasteiger partial charge in [0.25, 0.3) is 0 Å². The van der Waals surface area contributed by atoms with Gasteiger partial charge in [0.05, 0.1) is 11.1 Å². The predicted molar refractivity (Wildman–Crippen MR) is 106 cm³/mol. The molecule has 1 aromatic carbocycles. The number of ether oxygens (including phenoxy) is 1. The standard InChI is InChI=1S/C21H28N2O2S/c1-15(20(25-2)18-9-6-10-22-18)19(24)14-17(21-23-11-12-26-21)13-16-7-4-3-5-8-16/h3-5,7-8,11-12,15,17-18,20,22H,6,9-10,13-14H2,1-2H3/t15-,17+,18-,20+/m0/s1. The maximum atomic E-state index is 13.1. The van der Waals surface area contributed by atoms with Crippen LogP contribution < -0.4 is 5.32 Å². The third kappa shape index (κ3) is 4.78. The van der Waals surface area contributed by atoms with E-state index in [1.54, 1.807) is 18.4 Å². The summed E-state index contributed by atoms with van der Waals surface area (Å²) >= 11 is 1.64. The van der Waals surface area contributed by atoms with Crippen molar-refractivity contribution in [2.24, 2.45) is 5.92 Å². The minimum Gasteiger partial charge on any atom is -0.379 e. The molecule has 140 valence electrons. The molecule has 26 heavy (non-hydrogen) atoms. The number of thiazole rings is 1. The normalized spacial score (nSPS) is 20.6. The van der Waals surface area contributed by atoms with Gasteiger partial charge in [-0.05, 0) is 31.4 Å². The van der Waals surface area contributed by atoms with Crippen molar-refractivity contribution in [3.05, 3.63) is 52.5 Å². The second-order valence-electron chi connectivity index (χ2n) is 7.12. The van der Waals surface area contributed by atoms with Gasteiger partial charge < -0.3 is 10.1 Å². The fraction of sp³-hybridized carbons (Fsp3) is 0.524. The van der Waals surface area contributed by atoms with E-state index in [1.807, 2.05) is 36.7 Å². The highest BCUT2D eigenvalue weighted by Crippen LogP contribution is 2.29. The summed E-state index contributed by atoms with van der Waals surface area (Å²) in [5, 5.41) is 6.51. The number of nitrogens with one attached hydrogen (secondary N) is 1. The molecule has 0 aliphatic carbocycles. The van der Waals surface area contributed by atoms with Crippen molar-refractivity contribution in [1.29, 1.82) is 0 Å². The van der Waals surface area contributed by atoms with Gasteiger partial charge in [-0.15, -0.1) is 11.3 Å². The lowest BCUT2D eigenvalue weighted by Gasteiger charge is -2.28. The molecule has 2 heterocycles. The Balaban J connectivity index is 1.70. The maximum Gasteiger partial charge on any atom is 0.139 e. The van der Waals surface area contributed by atoms with Crippen molar-refractivity contribution in [2.45, 2.75) is 50.7 Å². The largest absolute Gasteiger partial charge is 0.379 e. The first-order valence-corrected chi connectivity index (χ1v) is 10.3. The van der Waals surface area contributed by atoms with Crippen molar-refractivity contribution in [1.82, 2.24) is 10.3 Å². The Morgan fingerprint density at radius 2 is 2.19 bits per heavy atom. The zero-order valence-corrected chi connectivity index (χ0v) is 16.4. The smallest absolute Gasteiger partial charge is 0.139 e. The van der Waals surface area contributed by atoms with Gasteiger partial charge in [0, 0.05) is 43.0 Å². The van der Waals surface area contributed by atoms with Gasteiger partial charge in [0.15, 0.2) is 0 Å². The number of rotatable bonds is 9. The van der Waals surface area contributed by atoms with E-state index in [0.717, 1.165) is 30.8 Å². The summed E-state index contributed by atoms with van der Waals surface area (Å²) in [6, 6.07) is 10.6. The van der Waals surface area contributed by atoms with Crippen LogP contribution in [-0.2, 0) is 16.0 Å². The van der Waals surface area contributed by atoms with Crippen LogP contribution in [0.1, 0.15) is 42.7 Å². The second-order valence-corrected chi connectivity index (χ2v) is 8.05. The molecule has 0 amide bonds. The minimum absolute atomic E-state index is 0.0568. The molecule has 1 aromatic heterocycles. The first kappa shape index (κ1) is 19.2. The number of Topliss-reactive ketones (excluding diaryl/α,β-unsaturated/α-hetero) is 1. The summed E-state index contributed by atoms with van der Waals surface area (Å²) in [5.74, 6) is 0.275. The molecule has 0 unspecified atom stereocenters. The van der Waals surface area contributed by atoms with Crippen LogP contribution >= 0.6 is 11.3 Å². The summed E-state index contributed by atoms with van der Waals surface area (Å²) in [4.78, 5) is 17.6. The number of aromatic nitrogens is 1. The highest BCUT2D eigenvalue weighted by Gasteiger charge is 2.34. The van der Waals surface area contributed by atoms with Crippen molar-refractivity contribution in [3.8, 4) is 0 Å². The third-order valence-corrected chi connectivity index (χ3v) is 6.28. The maximum absolute atomic E-state index is 13.1. The van der Waals surface area contributed by atoms with E-state index in [9.17, 15) is 4.79 Å².